The number of halogens is 2. The zero-order valence-corrected chi connectivity index (χ0v) is 15.2. The second-order valence-electron chi connectivity index (χ2n) is 5.55. The van der Waals surface area contributed by atoms with Gasteiger partial charge in [-0.2, -0.15) is 0 Å². The lowest BCUT2D eigenvalue weighted by atomic mass is 10.1. The Morgan fingerprint density at radius 2 is 1.52 bits per heavy atom. The summed E-state index contributed by atoms with van der Waals surface area (Å²) in [7, 11) is 0. The first-order valence-corrected chi connectivity index (χ1v) is 9.13. The highest BCUT2D eigenvalue weighted by Crippen LogP contribution is 2.11. The topological polar surface area (TPSA) is 72.5 Å². The quantitative estimate of drug-likeness (QED) is 0.549. The highest BCUT2D eigenvalue weighted by atomic mass is 32.2. The molecule has 0 heterocycles. The van der Waals surface area contributed by atoms with Crippen LogP contribution in [0.15, 0.2) is 48.5 Å². The highest BCUT2D eigenvalue weighted by Gasteiger charge is 2.19. The van der Waals surface area contributed by atoms with E-state index in [1.54, 1.807) is 0 Å². The molecule has 0 aliphatic heterocycles. The van der Waals surface area contributed by atoms with E-state index in [1.807, 2.05) is 0 Å². The van der Waals surface area contributed by atoms with Crippen molar-refractivity contribution < 1.29 is 27.9 Å². The molecule has 0 aliphatic rings. The summed E-state index contributed by atoms with van der Waals surface area (Å²) in [5.74, 6) is -2.43. The Hall–Kier alpha value is -2.74. The molecule has 27 heavy (non-hydrogen) atoms. The summed E-state index contributed by atoms with van der Waals surface area (Å²) in [6, 6.07) is 10.2. The normalized spacial score (nSPS) is 11.5. The Morgan fingerprint density at radius 1 is 0.963 bits per heavy atom. The molecule has 0 aliphatic carbocycles. The lowest BCUT2D eigenvalue weighted by Crippen LogP contribution is -2.25. The molecule has 1 N–H and O–H groups in total. The molecule has 5 nitrogen and oxygen atoms in total. The summed E-state index contributed by atoms with van der Waals surface area (Å²) < 4.78 is 30.7. The largest absolute Gasteiger partial charge is 0.454 e. The van der Waals surface area contributed by atoms with Crippen LogP contribution in [0.3, 0.4) is 0 Å². The minimum Gasteiger partial charge on any atom is -0.454 e. The predicted molar refractivity (Wildman–Crippen MR) is 98.6 cm³/mol. The molecule has 0 bridgehead atoms. The van der Waals surface area contributed by atoms with Crippen LogP contribution in [0.4, 0.5) is 14.5 Å². The zero-order valence-electron chi connectivity index (χ0n) is 14.4. The van der Waals surface area contributed by atoms with Crippen molar-refractivity contribution in [1.82, 2.24) is 0 Å². The molecule has 0 unspecified atom stereocenters. The summed E-state index contributed by atoms with van der Waals surface area (Å²) in [6.45, 7) is 1.43. The fourth-order valence-corrected chi connectivity index (χ4v) is 2.69. The van der Waals surface area contributed by atoms with E-state index in [9.17, 15) is 23.2 Å². The number of carbonyl (C=O) groups is 3. The number of nitrogens with one attached hydrogen (secondary N) is 1. The zero-order chi connectivity index (χ0) is 19.8. The molecule has 8 heteroatoms. The number of Topliss-reactive ketones (excluding diaryl/α,β-unsaturated/α-hetero) is 1. The minimum atomic E-state index is -1.02. The van der Waals surface area contributed by atoms with Crippen molar-refractivity contribution >= 4 is 35.1 Å². The average molecular weight is 393 g/mol. The van der Waals surface area contributed by atoms with Gasteiger partial charge in [-0.15, -0.1) is 11.8 Å². The average Bonchev–Trinajstić information content (AvgIpc) is 2.63. The molecule has 2 rings (SSSR count). The molecule has 1 amide bonds. The predicted octanol–water partition coefficient (Wildman–Crippen LogP) is 3.45. The van der Waals surface area contributed by atoms with Crippen molar-refractivity contribution in [2.75, 3.05) is 16.8 Å². The van der Waals surface area contributed by atoms with Crippen LogP contribution in [0.25, 0.3) is 0 Å². The van der Waals surface area contributed by atoms with Crippen molar-refractivity contribution in [3.8, 4) is 0 Å². The van der Waals surface area contributed by atoms with Gasteiger partial charge in [0.05, 0.1) is 11.5 Å². The molecule has 0 saturated carbocycles. The van der Waals surface area contributed by atoms with Crippen molar-refractivity contribution in [3.05, 3.63) is 65.7 Å². The first-order chi connectivity index (χ1) is 12.8. The number of esters is 1. The lowest BCUT2D eigenvalue weighted by Gasteiger charge is -2.12. The summed E-state index contributed by atoms with van der Waals surface area (Å²) in [6.07, 6.45) is -1.02. The smallest absolute Gasteiger partial charge is 0.316 e. The molecule has 2 aromatic carbocycles. The van der Waals surface area contributed by atoms with Gasteiger partial charge in [-0.05, 0) is 55.5 Å². The maximum atomic E-state index is 12.9. The molecular weight excluding hydrogens is 376 g/mol. The Kier molecular flexibility index (Phi) is 7.48. The van der Waals surface area contributed by atoms with Crippen LogP contribution < -0.4 is 5.32 Å². The van der Waals surface area contributed by atoms with Crippen molar-refractivity contribution in [2.45, 2.75) is 13.0 Å². The third-order valence-electron chi connectivity index (χ3n) is 3.39. The van der Waals surface area contributed by atoms with Gasteiger partial charge in [0, 0.05) is 11.3 Å². The maximum absolute atomic E-state index is 12.9. The molecule has 0 aromatic heterocycles. The third kappa shape index (κ3) is 6.82. The van der Waals surface area contributed by atoms with Crippen LogP contribution in [-0.2, 0) is 14.3 Å². The van der Waals surface area contributed by atoms with E-state index in [2.05, 4.69) is 5.32 Å². The number of thioether (sulfide) groups is 1. The summed E-state index contributed by atoms with van der Waals surface area (Å²) in [4.78, 5) is 35.7. The van der Waals surface area contributed by atoms with Crippen LogP contribution in [0, 0.1) is 11.6 Å². The summed E-state index contributed by atoms with van der Waals surface area (Å²) in [5, 5.41) is 2.56. The Morgan fingerprint density at radius 3 is 2.11 bits per heavy atom. The van der Waals surface area contributed by atoms with E-state index in [-0.39, 0.29) is 23.0 Å². The second-order valence-corrected chi connectivity index (χ2v) is 6.54. The third-order valence-corrected chi connectivity index (χ3v) is 4.29. The van der Waals surface area contributed by atoms with Crippen LogP contribution >= 0.6 is 11.8 Å². The molecule has 0 fully saturated rings. The van der Waals surface area contributed by atoms with Gasteiger partial charge in [-0.1, -0.05) is 0 Å². The molecule has 2 aromatic rings. The van der Waals surface area contributed by atoms with Gasteiger partial charge in [0.25, 0.3) is 0 Å². The molecule has 0 saturated heterocycles. The van der Waals surface area contributed by atoms with Gasteiger partial charge in [-0.25, -0.2) is 8.78 Å². The monoisotopic (exact) mass is 393 g/mol. The fraction of sp³-hybridized carbons (Fsp3) is 0.211. The molecule has 0 spiro atoms. The molecule has 142 valence electrons. The number of benzene rings is 2. The fourth-order valence-electron chi connectivity index (χ4n) is 2.09. The van der Waals surface area contributed by atoms with Crippen LogP contribution in [0.5, 0.6) is 0 Å². The Bertz CT molecular complexity index is 809. The number of ether oxygens (including phenoxy) is 1. The van der Waals surface area contributed by atoms with E-state index in [0.717, 1.165) is 23.9 Å². The number of ketones is 1. The van der Waals surface area contributed by atoms with E-state index in [4.69, 9.17) is 4.74 Å². The van der Waals surface area contributed by atoms with Crippen molar-refractivity contribution in [3.63, 3.8) is 0 Å². The molecule has 1 atom stereocenters. The molecule has 0 radical (unpaired) electrons. The number of amides is 1. The van der Waals surface area contributed by atoms with E-state index >= 15 is 0 Å². The molecular formula is C19H17F2NO4S. The first-order valence-electron chi connectivity index (χ1n) is 7.97. The number of hydrogen-bond acceptors (Lipinski definition) is 5. The number of carbonyl (C=O) groups excluding carboxylic acids is 3. The van der Waals surface area contributed by atoms with E-state index in [1.165, 1.54) is 43.3 Å². The van der Waals surface area contributed by atoms with Gasteiger partial charge in [0.1, 0.15) is 11.6 Å². The van der Waals surface area contributed by atoms with Crippen LogP contribution in [0.1, 0.15) is 17.3 Å². The number of anilines is 1. The summed E-state index contributed by atoms with van der Waals surface area (Å²) in [5.41, 5.74) is 0.686. The van der Waals surface area contributed by atoms with Crippen molar-refractivity contribution in [1.29, 1.82) is 0 Å². The van der Waals surface area contributed by atoms with Crippen LogP contribution in [0.2, 0.25) is 0 Å². The van der Waals surface area contributed by atoms with Crippen molar-refractivity contribution in [2.24, 2.45) is 0 Å². The van der Waals surface area contributed by atoms with Gasteiger partial charge in [0.15, 0.2) is 6.10 Å². The maximum Gasteiger partial charge on any atom is 0.316 e. The van der Waals surface area contributed by atoms with E-state index < -0.39 is 29.5 Å². The Balaban J connectivity index is 1.72. The van der Waals surface area contributed by atoms with Gasteiger partial charge in [0.2, 0.25) is 11.7 Å². The van der Waals surface area contributed by atoms with Crippen LogP contribution in [-0.4, -0.2) is 35.3 Å². The van der Waals surface area contributed by atoms with Gasteiger partial charge < -0.3 is 10.1 Å². The number of hydrogen-bond donors (Lipinski definition) is 1. The van der Waals surface area contributed by atoms with Gasteiger partial charge >= 0.3 is 5.97 Å². The Labute approximate surface area is 159 Å². The minimum absolute atomic E-state index is 0.00718. The second kappa shape index (κ2) is 9.82. The summed E-state index contributed by atoms with van der Waals surface area (Å²) >= 11 is 1.02. The van der Waals surface area contributed by atoms with Gasteiger partial charge in [-0.3, -0.25) is 14.4 Å². The number of rotatable bonds is 8. The first kappa shape index (κ1) is 20.6. The highest BCUT2D eigenvalue weighted by molar-refractivity contribution is 8.00. The lowest BCUT2D eigenvalue weighted by molar-refractivity contribution is -0.143. The van der Waals surface area contributed by atoms with E-state index in [0.29, 0.717) is 5.69 Å². The SMILES string of the molecule is C[C@H](OC(=O)CSCC(=O)Nc1ccc(F)cc1)C(=O)c1ccc(F)cc1. The standard InChI is InChI=1S/C19H17F2NO4S/c1-12(19(25)13-2-4-14(20)5-3-13)26-18(24)11-27-10-17(23)22-16-8-6-15(21)7-9-16/h2-9,12H,10-11H2,1H3,(H,22,23)/t12-/m0/s1.